The quantitative estimate of drug-likeness (QED) is 0.626. The summed E-state index contributed by atoms with van der Waals surface area (Å²) in [5.41, 5.74) is 1.78. The minimum absolute atomic E-state index is 0.120. The van der Waals surface area contributed by atoms with Crippen LogP contribution in [0.1, 0.15) is 18.4 Å². The van der Waals surface area contributed by atoms with Crippen molar-refractivity contribution in [3.63, 3.8) is 0 Å². The predicted molar refractivity (Wildman–Crippen MR) is 108 cm³/mol. The molecule has 0 radical (unpaired) electrons. The zero-order valence-electron chi connectivity index (χ0n) is 14.2. The number of rotatable bonds is 7. The van der Waals surface area contributed by atoms with Gasteiger partial charge in [-0.3, -0.25) is 4.79 Å². The molecule has 0 saturated carbocycles. The topological polar surface area (TPSA) is 66.5 Å². The van der Waals surface area contributed by atoms with E-state index >= 15 is 0 Å². The van der Waals surface area contributed by atoms with Gasteiger partial charge in [0, 0.05) is 23.6 Å². The SMILES string of the molecule is Cc1ccc(S(=O)(=O)N(C)CCCC(=O)Nc2ccccc2I)cc1. The third-order valence-electron chi connectivity index (χ3n) is 3.75. The molecule has 25 heavy (non-hydrogen) atoms. The fourth-order valence-electron chi connectivity index (χ4n) is 2.25. The molecule has 2 aromatic rings. The smallest absolute Gasteiger partial charge is 0.242 e. The first kappa shape index (κ1) is 19.9. The lowest BCUT2D eigenvalue weighted by Gasteiger charge is -2.17. The number of hydrogen-bond acceptors (Lipinski definition) is 3. The molecule has 0 aromatic heterocycles. The van der Waals surface area contributed by atoms with Gasteiger partial charge in [-0.15, -0.1) is 0 Å². The normalized spacial score (nSPS) is 11.5. The van der Waals surface area contributed by atoms with E-state index in [9.17, 15) is 13.2 Å². The predicted octanol–water partition coefficient (Wildman–Crippen LogP) is 3.64. The van der Waals surface area contributed by atoms with Gasteiger partial charge in [-0.1, -0.05) is 29.8 Å². The van der Waals surface area contributed by atoms with E-state index in [4.69, 9.17) is 0 Å². The highest BCUT2D eigenvalue weighted by Crippen LogP contribution is 2.18. The third-order valence-corrected chi connectivity index (χ3v) is 6.57. The highest BCUT2D eigenvalue weighted by atomic mass is 127. The van der Waals surface area contributed by atoms with E-state index in [0.717, 1.165) is 14.8 Å². The van der Waals surface area contributed by atoms with Crippen LogP contribution in [0.5, 0.6) is 0 Å². The molecule has 134 valence electrons. The van der Waals surface area contributed by atoms with Crippen LogP contribution in [0.4, 0.5) is 5.69 Å². The number of hydrogen-bond donors (Lipinski definition) is 1. The molecule has 0 atom stereocenters. The number of amides is 1. The van der Waals surface area contributed by atoms with Crippen LogP contribution >= 0.6 is 22.6 Å². The molecule has 2 aromatic carbocycles. The molecule has 2 rings (SSSR count). The van der Waals surface area contributed by atoms with Gasteiger partial charge in [0.25, 0.3) is 0 Å². The highest BCUT2D eigenvalue weighted by Gasteiger charge is 2.20. The average molecular weight is 472 g/mol. The van der Waals surface area contributed by atoms with Crippen LogP contribution in [0.15, 0.2) is 53.4 Å². The van der Waals surface area contributed by atoms with Crippen LogP contribution < -0.4 is 5.32 Å². The highest BCUT2D eigenvalue weighted by molar-refractivity contribution is 14.1. The molecule has 1 N–H and O–H groups in total. The Bertz CT molecular complexity index is 836. The first-order valence-corrected chi connectivity index (χ1v) is 10.4. The second-order valence-corrected chi connectivity index (χ2v) is 8.98. The van der Waals surface area contributed by atoms with Gasteiger partial charge in [-0.05, 0) is 60.2 Å². The number of para-hydroxylation sites is 1. The fourth-order valence-corrected chi connectivity index (χ4v) is 3.98. The Hall–Kier alpha value is -1.45. The van der Waals surface area contributed by atoms with Crippen molar-refractivity contribution in [1.82, 2.24) is 4.31 Å². The van der Waals surface area contributed by atoms with E-state index in [-0.39, 0.29) is 23.8 Å². The molecule has 0 fully saturated rings. The van der Waals surface area contributed by atoms with Gasteiger partial charge in [-0.25, -0.2) is 12.7 Å². The molecule has 0 aliphatic heterocycles. The Kier molecular flexibility index (Phi) is 6.97. The molecule has 0 bridgehead atoms. The van der Waals surface area contributed by atoms with E-state index in [1.54, 1.807) is 24.3 Å². The van der Waals surface area contributed by atoms with Crippen LogP contribution in [-0.2, 0) is 14.8 Å². The zero-order valence-corrected chi connectivity index (χ0v) is 17.2. The summed E-state index contributed by atoms with van der Waals surface area (Å²) < 4.78 is 27.2. The van der Waals surface area contributed by atoms with Gasteiger partial charge in [0.2, 0.25) is 15.9 Å². The summed E-state index contributed by atoms with van der Waals surface area (Å²) in [4.78, 5) is 12.3. The first-order chi connectivity index (χ1) is 11.8. The minimum Gasteiger partial charge on any atom is -0.325 e. The van der Waals surface area contributed by atoms with E-state index in [0.29, 0.717) is 6.42 Å². The lowest BCUT2D eigenvalue weighted by Crippen LogP contribution is -2.28. The van der Waals surface area contributed by atoms with Crippen molar-refractivity contribution in [2.24, 2.45) is 0 Å². The number of nitrogens with one attached hydrogen (secondary N) is 1. The number of nitrogens with zero attached hydrogens (tertiary/aromatic N) is 1. The van der Waals surface area contributed by atoms with Gasteiger partial charge in [0.15, 0.2) is 0 Å². The third kappa shape index (κ3) is 5.52. The van der Waals surface area contributed by atoms with E-state index in [2.05, 4.69) is 27.9 Å². The average Bonchev–Trinajstić information content (AvgIpc) is 2.57. The Morgan fingerprint density at radius 2 is 1.76 bits per heavy atom. The Morgan fingerprint density at radius 1 is 1.12 bits per heavy atom. The second kappa shape index (κ2) is 8.77. The summed E-state index contributed by atoms with van der Waals surface area (Å²) >= 11 is 2.16. The van der Waals surface area contributed by atoms with Crippen molar-refractivity contribution >= 4 is 44.2 Å². The molecule has 0 unspecified atom stereocenters. The van der Waals surface area contributed by atoms with Crippen LogP contribution in [0.3, 0.4) is 0 Å². The number of anilines is 1. The van der Waals surface area contributed by atoms with Crippen molar-refractivity contribution in [2.75, 3.05) is 18.9 Å². The number of halogens is 1. The van der Waals surface area contributed by atoms with E-state index in [1.807, 2.05) is 31.2 Å². The number of sulfonamides is 1. The summed E-state index contributed by atoms with van der Waals surface area (Å²) in [7, 11) is -1.98. The van der Waals surface area contributed by atoms with E-state index in [1.165, 1.54) is 11.4 Å². The van der Waals surface area contributed by atoms with Gasteiger partial charge in [0.05, 0.1) is 10.6 Å². The number of benzene rings is 2. The van der Waals surface area contributed by atoms with Crippen molar-refractivity contribution in [1.29, 1.82) is 0 Å². The van der Waals surface area contributed by atoms with E-state index < -0.39 is 10.0 Å². The monoisotopic (exact) mass is 472 g/mol. The molecule has 5 nitrogen and oxygen atoms in total. The van der Waals surface area contributed by atoms with Crippen molar-refractivity contribution in [2.45, 2.75) is 24.7 Å². The fraction of sp³-hybridized carbons (Fsp3) is 0.278. The number of carbonyl (C=O) groups is 1. The summed E-state index contributed by atoms with van der Waals surface area (Å²) in [5, 5.41) is 2.85. The van der Waals surface area contributed by atoms with Gasteiger partial charge in [-0.2, -0.15) is 0 Å². The standard InChI is InChI=1S/C18H21IN2O3S/c1-14-9-11-15(12-10-14)25(23,24)21(2)13-5-8-18(22)20-17-7-4-3-6-16(17)19/h3-4,6-7,9-12H,5,8,13H2,1-2H3,(H,20,22). The van der Waals surface area contributed by atoms with Crippen molar-refractivity contribution in [3.05, 3.63) is 57.7 Å². The summed E-state index contributed by atoms with van der Waals surface area (Å²) in [6.45, 7) is 2.20. The zero-order chi connectivity index (χ0) is 18.4. The molecule has 0 aliphatic carbocycles. The molecule has 0 heterocycles. The lowest BCUT2D eigenvalue weighted by atomic mass is 10.2. The number of aryl methyl sites for hydroxylation is 1. The maximum Gasteiger partial charge on any atom is 0.242 e. The van der Waals surface area contributed by atoms with Crippen molar-refractivity contribution < 1.29 is 13.2 Å². The molecule has 0 aliphatic rings. The van der Waals surface area contributed by atoms with Crippen molar-refractivity contribution in [3.8, 4) is 0 Å². The van der Waals surface area contributed by atoms with Gasteiger partial charge in [0.1, 0.15) is 0 Å². The Morgan fingerprint density at radius 3 is 2.40 bits per heavy atom. The van der Waals surface area contributed by atoms with Crippen LogP contribution in [0.25, 0.3) is 0 Å². The molecule has 0 saturated heterocycles. The largest absolute Gasteiger partial charge is 0.325 e. The Labute approximate surface area is 162 Å². The summed E-state index contributed by atoms with van der Waals surface area (Å²) in [6.07, 6.45) is 0.718. The van der Waals surface area contributed by atoms with Gasteiger partial charge < -0.3 is 5.32 Å². The molecular weight excluding hydrogens is 451 g/mol. The number of carbonyl (C=O) groups excluding carboxylic acids is 1. The lowest BCUT2D eigenvalue weighted by molar-refractivity contribution is -0.116. The molecule has 7 heteroatoms. The van der Waals surface area contributed by atoms with Crippen LogP contribution in [0.2, 0.25) is 0 Å². The molecule has 0 spiro atoms. The molecule has 1 amide bonds. The first-order valence-electron chi connectivity index (χ1n) is 7.88. The molecular formula is C18H21IN2O3S. The van der Waals surface area contributed by atoms with Crippen LogP contribution in [0, 0.1) is 10.5 Å². The van der Waals surface area contributed by atoms with Gasteiger partial charge >= 0.3 is 0 Å². The maximum atomic E-state index is 12.5. The summed E-state index contributed by atoms with van der Waals surface area (Å²) in [6, 6.07) is 14.3. The maximum absolute atomic E-state index is 12.5. The second-order valence-electron chi connectivity index (χ2n) is 5.77. The Balaban J connectivity index is 1.87. The van der Waals surface area contributed by atoms with Crippen LogP contribution in [-0.4, -0.2) is 32.2 Å². The minimum atomic E-state index is -3.52. The summed E-state index contributed by atoms with van der Waals surface area (Å²) in [5.74, 6) is -0.120.